The minimum absolute atomic E-state index is 0.00281. The molecule has 0 atom stereocenters. The van der Waals surface area contributed by atoms with Crippen molar-refractivity contribution >= 4 is 5.91 Å². The number of aryl methyl sites for hydroxylation is 2. The summed E-state index contributed by atoms with van der Waals surface area (Å²) in [6.45, 7) is 8.59. The molecule has 0 bridgehead atoms. The SMILES string of the molecule is Cc1nc(C(C)(C)C)oc1CCC(=O)NCc1cccnc1. The average molecular weight is 301 g/mol. The fraction of sp³-hybridized carbons (Fsp3) is 0.471. The first-order valence-electron chi connectivity index (χ1n) is 7.48. The summed E-state index contributed by atoms with van der Waals surface area (Å²) in [4.78, 5) is 20.4. The minimum Gasteiger partial charge on any atom is -0.445 e. The van der Waals surface area contributed by atoms with Gasteiger partial charge in [-0.15, -0.1) is 0 Å². The summed E-state index contributed by atoms with van der Waals surface area (Å²) in [5, 5.41) is 2.88. The number of carbonyl (C=O) groups excluding carboxylic acids is 1. The lowest BCUT2D eigenvalue weighted by Crippen LogP contribution is -2.23. The van der Waals surface area contributed by atoms with Crippen LogP contribution >= 0.6 is 0 Å². The van der Waals surface area contributed by atoms with Crippen molar-refractivity contribution in [2.75, 3.05) is 0 Å². The van der Waals surface area contributed by atoms with E-state index in [0.29, 0.717) is 19.4 Å². The molecule has 0 aliphatic heterocycles. The van der Waals surface area contributed by atoms with E-state index in [1.54, 1.807) is 12.4 Å². The number of nitrogens with one attached hydrogen (secondary N) is 1. The van der Waals surface area contributed by atoms with Crippen molar-refractivity contribution in [2.45, 2.75) is 52.5 Å². The quantitative estimate of drug-likeness (QED) is 0.922. The second-order valence-corrected chi connectivity index (χ2v) is 6.42. The van der Waals surface area contributed by atoms with Crippen LogP contribution in [0.3, 0.4) is 0 Å². The van der Waals surface area contributed by atoms with Crippen molar-refractivity contribution in [2.24, 2.45) is 0 Å². The van der Waals surface area contributed by atoms with E-state index < -0.39 is 0 Å². The van der Waals surface area contributed by atoms with Crippen LogP contribution in [0.25, 0.3) is 0 Å². The fourth-order valence-corrected chi connectivity index (χ4v) is 2.00. The Morgan fingerprint density at radius 1 is 1.36 bits per heavy atom. The highest BCUT2D eigenvalue weighted by Gasteiger charge is 2.22. The monoisotopic (exact) mass is 301 g/mol. The first-order chi connectivity index (χ1) is 10.4. The van der Waals surface area contributed by atoms with E-state index in [9.17, 15) is 4.79 Å². The predicted octanol–water partition coefficient (Wildman–Crippen LogP) is 2.92. The molecular formula is C17H23N3O2. The van der Waals surface area contributed by atoms with Gasteiger partial charge in [-0.2, -0.15) is 0 Å². The Morgan fingerprint density at radius 3 is 2.73 bits per heavy atom. The highest BCUT2D eigenvalue weighted by molar-refractivity contribution is 5.76. The first kappa shape index (κ1) is 16.2. The molecule has 0 aliphatic carbocycles. The summed E-state index contributed by atoms with van der Waals surface area (Å²) in [6, 6.07) is 3.79. The summed E-state index contributed by atoms with van der Waals surface area (Å²) in [6.07, 6.45) is 4.41. The summed E-state index contributed by atoms with van der Waals surface area (Å²) in [7, 11) is 0. The van der Waals surface area contributed by atoms with Crippen LogP contribution < -0.4 is 5.32 Å². The highest BCUT2D eigenvalue weighted by Crippen LogP contribution is 2.24. The second-order valence-electron chi connectivity index (χ2n) is 6.42. The van der Waals surface area contributed by atoms with Crippen molar-refractivity contribution in [1.29, 1.82) is 0 Å². The summed E-state index contributed by atoms with van der Waals surface area (Å²) >= 11 is 0. The van der Waals surface area contributed by atoms with Crippen LogP contribution in [0.5, 0.6) is 0 Å². The van der Waals surface area contributed by atoms with E-state index in [1.165, 1.54) is 0 Å². The molecule has 5 nitrogen and oxygen atoms in total. The molecule has 22 heavy (non-hydrogen) atoms. The summed E-state index contributed by atoms with van der Waals surface area (Å²) < 4.78 is 5.79. The van der Waals surface area contributed by atoms with Crippen LogP contribution in [0, 0.1) is 6.92 Å². The number of hydrogen-bond acceptors (Lipinski definition) is 4. The third kappa shape index (κ3) is 4.41. The van der Waals surface area contributed by atoms with Crippen LogP contribution in [0.2, 0.25) is 0 Å². The number of nitrogens with zero attached hydrogens (tertiary/aromatic N) is 2. The molecule has 2 heterocycles. The van der Waals surface area contributed by atoms with Gasteiger partial charge < -0.3 is 9.73 Å². The molecule has 0 radical (unpaired) electrons. The number of carbonyl (C=O) groups is 1. The number of aromatic nitrogens is 2. The Bertz CT molecular complexity index is 627. The molecule has 2 aromatic heterocycles. The Balaban J connectivity index is 1.85. The molecule has 1 N–H and O–H groups in total. The molecule has 2 rings (SSSR count). The van der Waals surface area contributed by atoms with E-state index in [4.69, 9.17) is 4.42 Å². The van der Waals surface area contributed by atoms with Gasteiger partial charge in [-0.1, -0.05) is 26.8 Å². The molecule has 0 aromatic carbocycles. The fourth-order valence-electron chi connectivity index (χ4n) is 2.00. The molecule has 0 spiro atoms. The number of pyridine rings is 1. The van der Waals surface area contributed by atoms with Gasteiger partial charge >= 0.3 is 0 Å². The number of oxazole rings is 1. The maximum atomic E-state index is 11.9. The summed E-state index contributed by atoms with van der Waals surface area (Å²) in [5.41, 5.74) is 1.73. The topological polar surface area (TPSA) is 68.0 Å². The van der Waals surface area contributed by atoms with Gasteiger partial charge in [0.2, 0.25) is 5.91 Å². The van der Waals surface area contributed by atoms with E-state index in [0.717, 1.165) is 22.9 Å². The number of amides is 1. The van der Waals surface area contributed by atoms with Crippen LogP contribution in [0.1, 0.15) is 50.1 Å². The average Bonchev–Trinajstić information content (AvgIpc) is 2.85. The third-order valence-electron chi connectivity index (χ3n) is 3.33. The second kappa shape index (κ2) is 6.73. The van der Waals surface area contributed by atoms with E-state index in [2.05, 4.69) is 36.1 Å². The number of rotatable bonds is 5. The minimum atomic E-state index is -0.119. The normalized spacial score (nSPS) is 11.5. The maximum absolute atomic E-state index is 11.9. The Labute approximate surface area is 131 Å². The van der Waals surface area contributed by atoms with Crippen LogP contribution in [-0.2, 0) is 23.2 Å². The van der Waals surface area contributed by atoms with Gasteiger partial charge in [-0.25, -0.2) is 4.98 Å². The van der Waals surface area contributed by atoms with Gasteiger partial charge in [0.1, 0.15) is 5.76 Å². The van der Waals surface area contributed by atoms with E-state index in [-0.39, 0.29) is 11.3 Å². The van der Waals surface area contributed by atoms with Gasteiger partial charge in [0.05, 0.1) is 5.69 Å². The predicted molar refractivity (Wildman–Crippen MR) is 84.3 cm³/mol. The lowest BCUT2D eigenvalue weighted by atomic mass is 9.97. The smallest absolute Gasteiger partial charge is 0.220 e. The van der Waals surface area contributed by atoms with Crippen molar-refractivity contribution in [3.05, 3.63) is 47.4 Å². The van der Waals surface area contributed by atoms with Crippen LogP contribution in [0.4, 0.5) is 0 Å². The molecule has 0 saturated heterocycles. The van der Waals surface area contributed by atoms with Crippen LogP contribution in [0.15, 0.2) is 28.9 Å². The number of hydrogen-bond donors (Lipinski definition) is 1. The van der Waals surface area contributed by atoms with Crippen molar-refractivity contribution in [3.63, 3.8) is 0 Å². The zero-order valence-corrected chi connectivity index (χ0v) is 13.6. The Hall–Kier alpha value is -2.17. The van der Waals surface area contributed by atoms with E-state index >= 15 is 0 Å². The van der Waals surface area contributed by atoms with Crippen molar-refractivity contribution in [1.82, 2.24) is 15.3 Å². The Morgan fingerprint density at radius 2 is 2.14 bits per heavy atom. The molecule has 0 saturated carbocycles. The molecule has 0 unspecified atom stereocenters. The summed E-state index contributed by atoms with van der Waals surface area (Å²) in [5.74, 6) is 1.51. The van der Waals surface area contributed by atoms with Gasteiger partial charge in [0.25, 0.3) is 0 Å². The van der Waals surface area contributed by atoms with Crippen molar-refractivity contribution < 1.29 is 9.21 Å². The molecule has 5 heteroatoms. The van der Waals surface area contributed by atoms with Gasteiger partial charge in [0, 0.05) is 37.2 Å². The standard InChI is InChI=1S/C17H23N3O2/c1-12-14(22-16(20-12)17(2,3)4)7-8-15(21)19-11-13-6-5-9-18-10-13/h5-6,9-10H,7-8,11H2,1-4H3,(H,19,21). The van der Waals surface area contributed by atoms with Gasteiger partial charge in [0.15, 0.2) is 5.89 Å². The maximum Gasteiger partial charge on any atom is 0.220 e. The zero-order valence-electron chi connectivity index (χ0n) is 13.6. The molecular weight excluding hydrogens is 278 g/mol. The molecule has 0 fully saturated rings. The third-order valence-corrected chi connectivity index (χ3v) is 3.33. The van der Waals surface area contributed by atoms with Crippen LogP contribution in [-0.4, -0.2) is 15.9 Å². The first-order valence-corrected chi connectivity index (χ1v) is 7.48. The van der Waals surface area contributed by atoms with Gasteiger partial charge in [-0.05, 0) is 18.6 Å². The lowest BCUT2D eigenvalue weighted by molar-refractivity contribution is -0.121. The lowest BCUT2D eigenvalue weighted by Gasteiger charge is -2.12. The molecule has 2 aromatic rings. The largest absolute Gasteiger partial charge is 0.445 e. The Kier molecular flexibility index (Phi) is 4.96. The molecule has 118 valence electrons. The van der Waals surface area contributed by atoms with E-state index in [1.807, 2.05) is 19.1 Å². The zero-order chi connectivity index (χ0) is 16.2. The van der Waals surface area contributed by atoms with Gasteiger partial charge in [-0.3, -0.25) is 9.78 Å². The highest BCUT2D eigenvalue weighted by atomic mass is 16.4. The van der Waals surface area contributed by atoms with Crippen molar-refractivity contribution in [3.8, 4) is 0 Å². The molecule has 1 amide bonds. The molecule has 0 aliphatic rings.